The molecule has 0 radical (unpaired) electrons. The van der Waals surface area contributed by atoms with Crippen LogP contribution in [-0.4, -0.2) is 37.0 Å². The molecule has 1 N–H and O–H groups in total. The molecule has 2 aliphatic rings. The van der Waals surface area contributed by atoms with Gasteiger partial charge in [0.1, 0.15) is 42.5 Å². The number of benzene rings is 3. The topological polar surface area (TPSA) is 74.2 Å². The van der Waals surface area contributed by atoms with E-state index in [1.165, 1.54) is 5.56 Å². The van der Waals surface area contributed by atoms with Gasteiger partial charge < -0.3 is 24.1 Å². The van der Waals surface area contributed by atoms with Crippen molar-refractivity contribution in [2.24, 2.45) is 5.92 Å². The van der Waals surface area contributed by atoms with Gasteiger partial charge in [-0.1, -0.05) is 24.3 Å². The fourth-order valence-corrected chi connectivity index (χ4v) is 5.03. The summed E-state index contributed by atoms with van der Waals surface area (Å²) in [5, 5.41) is 9.24. The van der Waals surface area contributed by atoms with Gasteiger partial charge in [-0.05, 0) is 72.9 Å². The van der Waals surface area contributed by atoms with Gasteiger partial charge in [0.25, 0.3) is 0 Å². The Morgan fingerprint density at radius 2 is 1.77 bits per heavy atom. The van der Waals surface area contributed by atoms with Gasteiger partial charge in [-0.25, -0.2) is 0 Å². The molecular weight excluding hydrogens is 444 g/mol. The third-order valence-corrected chi connectivity index (χ3v) is 6.67. The van der Waals surface area contributed by atoms with Crippen LogP contribution in [0.3, 0.4) is 0 Å². The second-order valence-corrected chi connectivity index (χ2v) is 9.14. The molecular formula is C29H30O6. The maximum atomic E-state index is 11.2. The van der Waals surface area contributed by atoms with E-state index in [0.29, 0.717) is 32.2 Å². The smallest absolute Gasteiger partial charge is 0.311 e. The van der Waals surface area contributed by atoms with Crippen molar-refractivity contribution in [2.75, 3.05) is 19.8 Å². The summed E-state index contributed by atoms with van der Waals surface area (Å²) < 4.78 is 23.1. The number of carboxylic acid groups (broad SMARTS) is 1. The highest BCUT2D eigenvalue weighted by Gasteiger charge is 2.63. The van der Waals surface area contributed by atoms with Crippen LogP contribution in [0, 0.1) is 19.8 Å². The summed E-state index contributed by atoms with van der Waals surface area (Å²) >= 11 is 0. The Hall–Kier alpha value is -3.51. The Labute approximate surface area is 205 Å². The normalized spacial score (nSPS) is 19.5. The molecule has 0 aromatic heterocycles. The maximum absolute atomic E-state index is 11.2. The Bertz CT molecular complexity index is 1230. The van der Waals surface area contributed by atoms with E-state index < -0.39 is 11.9 Å². The Balaban J connectivity index is 1.25. The first kappa shape index (κ1) is 23.2. The van der Waals surface area contributed by atoms with Crippen LogP contribution >= 0.6 is 0 Å². The van der Waals surface area contributed by atoms with Crippen LogP contribution in [0.4, 0.5) is 0 Å². The highest BCUT2D eigenvalue weighted by Crippen LogP contribution is 2.58. The molecule has 3 atom stereocenters. The number of aryl methyl sites for hydroxylation is 2. The minimum absolute atomic E-state index is 0.0267. The summed E-state index contributed by atoms with van der Waals surface area (Å²) in [6.07, 6.45) is -0.234. The van der Waals surface area contributed by atoms with E-state index >= 15 is 0 Å². The van der Waals surface area contributed by atoms with Crippen LogP contribution in [0.5, 0.6) is 17.2 Å². The number of carbonyl (C=O) groups is 1. The third-order valence-electron chi connectivity index (χ3n) is 6.67. The second-order valence-electron chi connectivity index (χ2n) is 9.14. The first-order chi connectivity index (χ1) is 17.0. The lowest BCUT2D eigenvalue weighted by Gasteiger charge is -2.15. The zero-order valence-electron chi connectivity index (χ0n) is 20.2. The minimum atomic E-state index is -0.792. The molecule has 1 fully saturated rings. The molecule has 1 saturated carbocycles. The molecule has 0 amide bonds. The highest BCUT2D eigenvalue weighted by molar-refractivity contribution is 5.79. The zero-order chi connectivity index (χ0) is 24.5. The molecule has 1 heterocycles. The van der Waals surface area contributed by atoms with Gasteiger partial charge in [-0.15, -0.1) is 0 Å². The molecule has 0 saturated heterocycles. The van der Waals surface area contributed by atoms with Crippen molar-refractivity contribution in [3.63, 3.8) is 0 Å². The zero-order valence-corrected chi connectivity index (χ0v) is 20.2. The number of hydrogen-bond donors (Lipinski definition) is 1. The average molecular weight is 475 g/mol. The van der Waals surface area contributed by atoms with Crippen LogP contribution < -0.4 is 14.2 Å². The van der Waals surface area contributed by atoms with Crippen molar-refractivity contribution >= 4 is 5.97 Å². The van der Waals surface area contributed by atoms with E-state index in [1.807, 2.05) is 31.2 Å². The fraction of sp³-hybridized carbons (Fsp3) is 0.345. The van der Waals surface area contributed by atoms with Gasteiger partial charge in [0.05, 0.1) is 6.61 Å². The summed E-state index contributed by atoms with van der Waals surface area (Å²) in [5.74, 6) is 1.07. The summed E-state index contributed by atoms with van der Waals surface area (Å²) in [4.78, 5) is 11.2. The van der Waals surface area contributed by atoms with Crippen LogP contribution in [0.25, 0.3) is 11.1 Å². The highest BCUT2D eigenvalue weighted by atomic mass is 16.5. The van der Waals surface area contributed by atoms with E-state index in [0.717, 1.165) is 39.3 Å². The lowest BCUT2D eigenvalue weighted by atomic mass is 9.94. The first-order valence-corrected chi connectivity index (χ1v) is 12.0. The van der Waals surface area contributed by atoms with Crippen LogP contribution in [0.2, 0.25) is 0 Å². The number of rotatable bonds is 10. The molecule has 0 spiro atoms. The fourth-order valence-electron chi connectivity index (χ4n) is 5.03. The number of fused-ring (bicyclic) bond motifs is 3. The molecule has 6 nitrogen and oxygen atoms in total. The molecule has 1 aliphatic heterocycles. The summed E-state index contributed by atoms with van der Waals surface area (Å²) in [6, 6.07) is 18.2. The van der Waals surface area contributed by atoms with Crippen molar-refractivity contribution in [1.82, 2.24) is 0 Å². The SMILES string of the molecule is CCOCCOc1cc(C)c(-c2cccc(COc3ccc4c(c3)OC3C(C(=O)O)C43)c2)c(C)c1. The van der Waals surface area contributed by atoms with E-state index in [2.05, 4.69) is 44.2 Å². The number of carboxylic acids is 1. The summed E-state index contributed by atoms with van der Waals surface area (Å²) in [6.45, 7) is 8.41. The van der Waals surface area contributed by atoms with Crippen molar-refractivity contribution < 1.29 is 28.8 Å². The monoisotopic (exact) mass is 474 g/mol. The predicted octanol–water partition coefficient (Wildman–Crippen LogP) is 5.52. The van der Waals surface area contributed by atoms with E-state index in [9.17, 15) is 9.90 Å². The van der Waals surface area contributed by atoms with Gasteiger partial charge in [0.2, 0.25) is 0 Å². The standard InChI is InChI=1S/C29H30O6/c1-4-32-10-11-33-22-12-17(2)25(18(3)13-22)20-7-5-6-19(14-20)16-34-21-8-9-23-24(15-21)35-28-26(23)27(28)29(30)31/h5-9,12-15,26-28H,4,10-11,16H2,1-3H3,(H,30,31). The first-order valence-electron chi connectivity index (χ1n) is 12.0. The Morgan fingerprint density at radius 3 is 2.51 bits per heavy atom. The lowest BCUT2D eigenvalue weighted by Crippen LogP contribution is -2.08. The van der Waals surface area contributed by atoms with Gasteiger partial charge >= 0.3 is 5.97 Å². The van der Waals surface area contributed by atoms with Crippen molar-refractivity contribution in [1.29, 1.82) is 0 Å². The van der Waals surface area contributed by atoms with Gasteiger partial charge in [0, 0.05) is 24.2 Å². The molecule has 182 valence electrons. The Morgan fingerprint density at radius 1 is 0.971 bits per heavy atom. The molecule has 3 aromatic carbocycles. The van der Waals surface area contributed by atoms with Gasteiger partial charge in [0.15, 0.2) is 0 Å². The van der Waals surface area contributed by atoms with Crippen LogP contribution in [0.15, 0.2) is 54.6 Å². The van der Waals surface area contributed by atoms with Crippen LogP contribution in [0.1, 0.15) is 35.1 Å². The number of ether oxygens (including phenoxy) is 4. The van der Waals surface area contributed by atoms with Crippen molar-refractivity contribution in [3.8, 4) is 28.4 Å². The predicted molar refractivity (Wildman–Crippen MR) is 132 cm³/mol. The van der Waals surface area contributed by atoms with Crippen molar-refractivity contribution in [2.45, 2.75) is 39.4 Å². The minimum Gasteiger partial charge on any atom is -0.491 e. The van der Waals surface area contributed by atoms with Crippen LogP contribution in [-0.2, 0) is 16.1 Å². The van der Waals surface area contributed by atoms with Gasteiger partial charge in [-0.3, -0.25) is 4.79 Å². The van der Waals surface area contributed by atoms with E-state index in [1.54, 1.807) is 0 Å². The molecule has 6 heteroatoms. The third kappa shape index (κ3) is 4.71. The van der Waals surface area contributed by atoms with E-state index in [-0.39, 0.29) is 12.0 Å². The van der Waals surface area contributed by atoms with Gasteiger partial charge in [-0.2, -0.15) is 0 Å². The Kier molecular flexibility index (Phi) is 6.39. The largest absolute Gasteiger partial charge is 0.491 e. The van der Waals surface area contributed by atoms with E-state index in [4.69, 9.17) is 18.9 Å². The lowest BCUT2D eigenvalue weighted by molar-refractivity contribution is -0.139. The molecule has 35 heavy (non-hydrogen) atoms. The number of aliphatic carboxylic acids is 1. The molecule has 3 unspecified atom stereocenters. The summed E-state index contributed by atoms with van der Waals surface area (Å²) in [5.41, 5.74) is 6.68. The summed E-state index contributed by atoms with van der Waals surface area (Å²) in [7, 11) is 0. The second kappa shape index (κ2) is 9.62. The average Bonchev–Trinajstić information content (AvgIpc) is 3.43. The quantitative estimate of drug-likeness (QED) is 0.390. The van der Waals surface area contributed by atoms with Crippen molar-refractivity contribution in [3.05, 3.63) is 76.9 Å². The molecule has 0 bridgehead atoms. The molecule has 1 aliphatic carbocycles. The molecule has 3 aromatic rings. The molecule has 5 rings (SSSR count). The maximum Gasteiger partial charge on any atom is 0.311 e. The number of hydrogen-bond acceptors (Lipinski definition) is 5.